The highest BCUT2D eigenvalue weighted by Gasteiger charge is 2.31. The van der Waals surface area contributed by atoms with Crippen LogP contribution < -0.4 is 5.32 Å². The first-order chi connectivity index (χ1) is 6.79. The number of likely N-dealkylation sites (tertiary alicyclic amines) is 1. The standard InChI is InChI=1S/C11H20N2O/c1-9-5-4-7-11(14)13(9)10-6-2-3-8-12-10/h9-10,12H,2-8H2,1H3. The second-order valence-corrected chi connectivity index (χ2v) is 4.51. The smallest absolute Gasteiger partial charge is 0.224 e. The molecule has 0 radical (unpaired) electrons. The maximum Gasteiger partial charge on any atom is 0.224 e. The monoisotopic (exact) mass is 196 g/mol. The van der Waals surface area contributed by atoms with Crippen molar-refractivity contribution in [1.82, 2.24) is 10.2 Å². The van der Waals surface area contributed by atoms with E-state index in [9.17, 15) is 4.79 Å². The van der Waals surface area contributed by atoms with Crippen molar-refractivity contribution in [1.29, 1.82) is 0 Å². The third-order valence-electron chi connectivity index (χ3n) is 3.40. The maximum absolute atomic E-state index is 11.8. The van der Waals surface area contributed by atoms with Gasteiger partial charge in [-0.05, 0) is 45.6 Å². The maximum atomic E-state index is 11.8. The van der Waals surface area contributed by atoms with Crippen LogP contribution in [-0.4, -0.2) is 29.6 Å². The highest BCUT2D eigenvalue weighted by Crippen LogP contribution is 2.23. The predicted octanol–water partition coefficient (Wildman–Crippen LogP) is 1.49. The second-order valence-electron chi connectivity index (χ2n) is 4.51. The Kier molecular flexibility index (Phi) is 3.06. The lowest BCUT2D eigenvalue weighted by atomic mass is 9.99. The molecule has 0 aromatic heterocycles. The van der Waals surface area contributed by atoms with E-state index in [0.717, 1.165) is 25.8 Å². The van der Waals surface area contributed by atoms with Crippen molar-refractivity contribution in [2.24, 2.45) is 0 Å². The SMILES string of the molecule is CC1CCCC(=O)N1C1CCCCN1. The summed E-state index contributed by atoms with van der Waals surface area (Å²) in [5.41, 5.74) is 0. The van der Waals surface area contributed by atoms with Crippen molar-refractivity contribution in [2.45, 2.75) is 57.7 Å². The summed E-state index contributed by atoms with van der Waals surface area (Å²) in [6, 6.07) is 0.437. The van der Waals surface area contributed by atoms with Gasteiger partial charge in [0.05, 0.1) is 6.17 Å². The Morgan fingerprint density at radius 3 is 2.79 bits per heavy atom. The van der Waals surface area contributed by atoms with Crippen LogP contribution in [-0.2, 0) is 4.79 Å². The quantitative estimate of drug-likeness (QED) is 0.689. The van der Waals surface area contributed by atoms with Gasteiger partial charge < -0.3 is 4.90 Å². The van der Waals surface area contributed by atoms with Crippen LogP contribution in [0.25, 0.3) is 0 Å². The fourth-order valence-electron chi connectivity index (χ4n) is 2.61. The van der Waals surface area contributed by atoms with Gasteiger partial charge in [0.1, 0.15) is 0 Å². The van der Waals surface area contributed by atoms with E-state index in [1.807, 2.05) is 0 Å². The first kappa shape index (κ1) is 9.97. The molecular weight excluding hydrogens is 176 g/mol. The van der Waals surface area contributed by atoms with Gasteiger partial charge in [-0.25, -0.2) is 0 Å². The van der Waals surface area contributed by atoms with E-state index in [2.05, 4.69) is 17.1 Å². The molecule has 3 nitrogen and oxygen atoms in total. The van der Waals surface area contributed by atoms with Crippen molar-refractivity contribution in [3.8, 4) is 0 Å². The Bertz CT molecular complexity index is 211. The Hall–Kier alpha value is -0.570. The Morgan fingerprint density at radius 1 is 1.29 bits per heavy atom. The summed E-state index contributed by atoms with van der Waals surface area (Å²) in [5, 5.41) is 3.45. The number of nitrogens with one attached hydrogen (secondary N) is 1. The molecule has 3 heteroatoms. The summed E-state index contributed by atoms with van der Waals surface area (Å²) in [5.74, 6) is 0.350. The lowest BCUT2D eigenvalue weighted by Crippen LogP contribution is -2.55. The number of rotatable bonds is 1. The minimum absolute atomic E-state index is 0.326. The number of piperidine rings is 2. The first-order valence-corrected chi connectivity index (χ1v) is 5.83. The van der Waals surface area contributed by atoms with E-state index in [-0.39, 0.29) is 0 Å². The molecule has 2 aliphatic heterocycles. The average Bonchev–Trinajstić information content (AvgIpc) is 2.19. The number of carbonyl (C=O) groups is 1. The van der Waals surface area contributed by atoms with Gasteiger partial charge in [-0.1, -0.05) is 0 Å². The topological polar surface area (TPSA) is 32.3 Å². The summed E-state index contributed by atoms with van der Waals surface area (Å²) in [6.45, 7) is 3.24. The zero-order valence-corrected chi connectivity index (χ0v) is 8.96. The summed E-state index contributed by atoms with van der Waals surface area (Å²) in [7, 11) is 0. The summed E-state index contributed by atoms with van der Waals surface area (Å²) >= 11 is 0. The minimum atomic E-state index is 0.326. The van der Waals surface area contributed by atoms with E-state index in [1.54, 1.807) is 0 Å². The van der Waals surface area contributed by atoms with Crippen molar-refractivity contribution >= 4 is 5.91 Å². The normalized spacial score (nSPS) is 34.6. The van der Waals surface area contributed by atoms with Crippen molar-refractivity contribution in [3.63, 3.8) is 0 Å². The Balaban J connectivity index is 2.01. The average molecular weight is 196 g/mol. The first-order valence-electron chi connectivity index (χ1n) is 5.83. The molecule has 0 aliphatic carbocycles. The minimum Gasteiger partial charge on any atom is -0.324 e. The second kappa shape index (κ2) is 4.30. The summed E-state index contributed by atoms with van der Waals surface area (Å²) in [4.78, 5) is 13.9. The van der Waals surface area contributed by atoms with Crippen LogP contribution >= 0.6 is 0 Å². The Morgan fingerprint density at radius 2 is 2.14 bits per heavy atom. The highest BCUT2D eigenvalue weighted by atomic mass is 16.2. The van der Waals surface area contributed by atoms with Gasteiger partial charge in [0, 0.05) is 12.5 Å². The van der Waals surface area contributed by atoms with Crippen LogP contribution in [0.5, 0.6) is 0 Å². The fraction of sp³-hybridized carbons (Fsp3) is 0.909. The molecule has 14 heavy (non-hydrogen) atoms. The van der Waals surface area contributed by atoms with Gasteiger partial charge in [0.25, 0.3) is 0 Å². The highest BCUT2D eigenvalue weighted by molar-refractivity contribution is 5.77. The largest absolute Gasteiger partial charge is 0.324 e. The molecule has 0 aromatic rings. The van der Waals surface area contributed by atoms with Crippen molar-refractivity contribution < 1.29 is 4.79 Å². The summed E-state index contributed by atoms with van der Waals surface area (Å²) in [6.07, 6.45) is 6.97. The molecule has 80 valence electrons. The van der Waals surface area contributed by atoms with Gasteiger partial charge in [-0.15, -0.1) is 0 Å². The number of amides is 1. The molecule has 1 N–H and O–H groups in total. The molecule has 2 rings (SSSR count). The van der Waals surface area contributed by atoms with Crippen LogP contribution in [0.1, 0.15) is 45.4 Å². The molecule has 0 spiro atoms. The van der Waals surface area contributed by atoms with Gasteiger partial charge >= 0.3 is 0 Å². The number of hydrogen-bond donors (Lipinski definition) is 1. The van der Waals surface area contributed by atoms with Gasteiger partial charge in [0.2, 0.25) is 5.91 Å². The van der Waals surface area contributed by atoms with Crippen LogP contribution in [0.4, 0.5) is 0 Å². The lowest BCUT2D eigenvalue weighted by Gasteiger charge is -2.41. The van der Waals surface area contributed by atoms with E-state index in [0.29, 0.717) is 18.1 Å². The zero-order valence-electron chi connectivity index (χ0n) is 8.96. The molecule has 2 atom stereocenters. The molecule has 1 amide bonds. The summed E-state index contributed by atoms with van der Waals surface area (Å²) < 4.78 is 0. The van der Waals surface area contributed by atoms with E-state index < -0.39 is 0 Å². The molecule has 0 bridgehead atoms. The molecule has 2 heterocycles. The molecule has 2 unspecified atom stereocenters. The van der Waals surface area contributed by atoms with Crippen LogP contribution in [0, 0.1) is 0 Å². The molecular formula is C11H20N2O. The molecule has 2 aliphatic rings. The van der Waals surface area contributed by atoms with Gasteiger partial charge in [0.15, 0.2) is 0 Å². The third kappa shape index (κ3) is 1.92. The van der Waals surface area contributed by atoms with Crippen molar-refractivity contribution in [2.75, 3.05) is 6.54 Å². The van der Waals surface area contributed by atoms with Crippen LogP contribution in [0.2, 0.25) is 0 Å². The predicted molar refractivity (Wildman–Crippen MR) is 55.8 cm³/mol. The Labute approximate surface area is 85.8 Å². The van der Waals surface area contributed by atoms with E-state index in [1.165, 1.54) is 19.3 Å². The third-order valence-corrected chi connectivity index (χ3v) is 3.40. The molecule has 2 fully saturated rings. The lowest BCUT2D eigenvalue weighted by molar-refractivity contribution is -0.140. The number of hydrogen-bond acceptors (Lipinski definition) is 2. The van der Waals surface area contributed by atoms with Gasteiger partial charge in [-0.3, -0.25) is 10.1 Å². The molecule has 0 saturated carbocycles. The van der Waals surface area contributed by atoms with Crippen LogP contribution in [0.15, 0.2) is 0 Å². The van der Waals surface area contributed by atoms with E-state index in [4.69, 9.17) is 0 Å². The van der Waals surface area contributed by atoms with Crippen molar-refractivity contribution in [3.05, 3.63) is 0 Å². The van der Waals surface area contributed by atoms with Crippen LogP contribution in [0.3, 0.4) is 0 Å². The van der Waals surface area contributed by atoms with E-state index >= 15 is 0 Å². The molecule has 0 aromatic carbocycles. The molecule has 2 saturated heterocycles. The zero-order chi connectivity index (χ0) is 9.97. The van der Waals surface area contributed by atoms with Gasteiger partial charge in [-0.2, -0.15) is 0 Å². The number of nitrogens with zero attached hydrogens (tertiary/aromatic N) is 1. The fourth-order valence-corrected chi connectivity index (χ4v) is 2.61. The number of carbonyl (C=O) groups excluding carboxylic acids is 1.